The first-order chi connectivity index (χ1) is 7.66. The van der Waals surface area contributed by atoms with Crippen LogP contribution < -0.4 is 5.32 Å². The highest BCUT2D eigenvalue weighted by Gasteiger charge is 2.02. The zero-order valence-corrected chi connectivity index (χ0v) is 10.8. The molecular formula is C11H13BrN4. The van der Waals surface area contributed by atoms with Crippen LogP contribution in [0.25, 0.3) is 0 Å². The second-order valence-electron chi connectivity index (χ2n) is 3.64. The molecule has 0 aliphatic rings. The molecule has 5 heteroatoms. The van der Waals surface area contributed by atoms with Gasteiger partial charge in [0.05, 0.1) is 11.9 Å². The van der Waals surface area contributed by atoms with E-state index in [4.69, 9.17) is 0 Å². The van der Waals surface area contributed by atoms with Crippen molar-refractivity contribution in [2.75, 3.05) is 5.32 Å². The van der Waals surface area contributed by atoms with Gasteiger partial charge in [-0.2, -0.15) is 5.10 Å². The molecule has 0 aliphatic heterocycles. The molecule has 4 nitrogen and oxygen atoms in total. The van der Waals surface area contributed by atoms with Gasteiger partial charge in [0, 0.05) is 22.3 Å². The summed E-state index contributed by atoms with van der Waals surface area (Å²) in [4.78, 5) is 4.41. The summed E-state index contributed by atoms with van der Waals surface area (Å²) in [5.41, 5.74) is 3.22. The number of nitrogens with zero attached hydrogens (tertiary/aromatic N) is 2. The topological polar surface area (TPSA) is 53.6 Å². The Hall–Kier alpha value is -1.36. The zero-order chi connectivity index (χ0) is 11.5. The van der Waals surface area contributed by atoms with Gasteiger partial charge < -0.3 is 5.32 Å². The van der Waals surface area contributed by atoms with Crippen molar-refractivity contribution in [3.05, 3.63) is 39.8 Å². The van der Waals surface area contributed by atoms with Crippen molar-refractivity contribution in [2.45, 2.75) is 20.4 Å². The molecule has 0 aliphatic carbocycles. The van der Waals surface area contributed by atoms with E-state index in [-0.39, 0.29) is 0 Å². The fourth-order valence-corrected chi connectivity index (χ4v) is 1.60. The normalized spacial score (nSPS) is 10.4. The van der Waals surface area contributed by atoms with Gasteiger partial charge in [0.25, 0.3) is 0 Å². The van der Waals surface area contributed by atoms with E-state index < -0.39 is 0 Å². The maximum Gasteiger partial charge on any atom is 0.126 e. The first kappa shape index (κ1) is 11.1. The minimum Gasteiger partial charge on any atom is -0.366 e. The Morgan fingerprint density at radius 3 is 2.81 bits per heavy atom. The first-order valence-corrected chi connectivity index (χ1v) is 5.82. The van der Waals surface area contributed by atoms with E-state index in [1.54, 1.807) is 0 Å². The van der Waals surface area contributed by atoms with Crippen molar-refractivity contribution in [3.63, 3.8) is 0 Å². The molecule has 84 valence electrons. The standard InChI is InChI=1S/C11H13BrN4/c1-7-9(6-14-16-7)5-13-11-4-3-10(12)8(2)15-11/h3-4,6H,5H2,1-2H3,(H,13,15)(H,14,16). The molecule has 2 aromatic rings. The molecule has 2 heterocycles. The van der Waals surface area contributed by atoms with Crippen LogP contribution in [0.3, 0.4) is 0 Å². The average molecular weight is 281 g/mol. The van der Waals surface area contributed by atoms with Crippen LogP contribution in [-0.2, 0) is 6.54 Å². The van der Waals surface area contributed by atoms with Gasteiger partial charge in [0.15, 0.2) is 0 Å². The van der Waals surface area contributed by atoms with Gasteiger partial charge in [0.1, 0.15) is 5.82 Å². The zero-order valence-electron chi connectivity index (χ0n) is 9.21. The lowest BCUT2D eigenvalue weighted by atomic mass is 10.2. The summed E-state index contributed by atoms with van der Waals surface area (Å²) in [5.74, 6) is 0.876. The number of hydrogen-bond acceptors (Lipinski definition) is 3. The van der Waals surface area contributed by atoms with Crippen molar-refractivity contribution in [2.24, 2.45) is 0 Å². The van der Waals surface area contributed by atoms with Gasteiger partial charge in [-0.3, -0.25) is 5.10 Å². The molecule has 0 saturated heterocycles. The molecule has 0 atom stereocenters. The number of aryl methyl sites for hydroxylation is 2. The van der Waals surface area contributed by atoms with Gasteiger partial charge in [0.2, 0.25) is 0 Å². The van der Waals surface area contributed by atoms with Crippen molar-refractivity contribution in [3.8, 4) is 0 Å². The summed E-state index contributed by atoms with van der Waals surface area (Å²) in [6, 6.07) is 3.94. The summed E-state index contributed by atoms with van der Waals surface area (Å²) in [5, 5.41) is 10.1. The maximum atomic E-state index is 4.41. The molecule has 0 unspecified atom stereocenters. The van der Waals surface area contributed by atoms with Crippen LogP contribution in [-0.4, -0.2) is 15.2 Å². The quantitative estimate of drug-likeness (QED) is 0.909. The molecular weight excluding hydrogens is 268 g/mol. The molecule has 0 bridgehead atoms. The average Bonchev–Trinajstić information content (AvgIpc) is 2.66. The summed E-state index contributed by atoms with van der Waals surface area (Å²) in [7, 11) is 0. The van der Waals surface area contributed by atoms with E-state index in [0.717, 1.165) is 33.8 Å². The molecule has 0 saturated carbocycles. The summed E-state index contributed by atoms with van der Waals surface area (Å²) in [6.45, 7) is 4.71. The number of H-pyrrole nitrogens is 1. The number of rotatable bonds is 3. The molecule has 2 aromatic heterocycles. The van der Waals surface area contributed by atoms with Crippen molar-refractivity contribution < 1.29 is 0 Å². The van der Waals surface area contributed by atoms with Crippen LogP contribution in [0.4, 0.5) is 5.82 Å². The lowest BCUT2D eigenvalue weighted by Crippen LogP contribution is -2.02. The minimum absolute atomic E-state index is 0.733. The van der Waals surface area contributed by atoms with Crippen LogP contribution in [0.15, 0.2) is 22.8 Å². The lowest BCUT2D eigenvalue weighted by molar-refractivity contribution is 1.03. The van der Waals surface area contributed by atoms with Gasteiger partial charge in [-0.1, -0.05) is 0 Å². The number of nitrogens with one attached hydrogen (secondary N) is 2. The number of aromatic amines is 1. The third kappa shape index (κ3) is 2.41. The second kappa shape index (κ2) is 4.65. The highest BCUT2D eigenvalue weighted by atomic mass is 79.9. The van der Waals surface area contributed by atoms with E-state index in [9.17, 15) is 0 Å². The Labute approximate surface area is 103 Å². The van der Waals surface area contributed by atoms with E-state index in [1.807, 2.05) is 32.2 Å². The van der Waals surface area contributed by atoms with E-state index in [1.165, 1.54) is 0 Å². The highest BCUT2D eigenvalue weighted by molar-refractivity contribution is 9.10. The van der Waals surface area contributed by atoms with Crippen molar-refractivity contribution in [1.82, 2.24) is 15.2 Å². The second-order valence-corrected chi connectivity index (χ2v) is 4.49. The Bertz CT molecular complexity index is 492. The van der Waals surface area contributed by atoms with Crippen LogP contribution >= 0.6 is 15.9 Å². The molecule has 0 spiro atoms. The third-order valence-corrected chi connectivity index (χ3v) is 3.25. The fourth-order valence-electron chi connectivity index (χ4n) is 1.38. The predicted octanol–water partition coefficient (Wildman–Crippen LogP) is 2.80. The molecule has 0 aromatic carbocycles. The maximum absolute atomic E-state index is 4.41. The van der Waals surface area contributed by atoms with Crippen LogP contribution in [0.2, 0.25) is 0 Å². The molecule has 0 radical (unpaired) electrons. The lowest BCUT2D eigenvalue weighted by Gasteiger charge is -2.06. The molecule has 2 N–H and O–H groups in total. The third-order valence-electron chi connectivity index (χ3n) is 2.42. The molecule has 0 fully saturated rings. The van der Waals surface area contributed by atoms with Gasteiger partial charge in [-0.25, -0.2) is 4.98 Å². The van der Waals surface area contributed by atoms with Gasteiger partial charge in [-0.15, -0.1) is 0 Å². The first-order valence-electron chi connectivity index (χ1n) is 5.02. The summed E-state index contributed by atoms with van der Waals surface area (Å²) < 4.78 is 1.03. The molecule has 16 heavy (non-hydrogen) atoms. The fraction of sp³-hybridized carbons (Fsp3) is 0.273. The van der Waals surface area contributed by atoms with Crippen LogP contribution in [0.5, 0.6) is 0 Å². The Morgan fingerprint density at radius 1 is 1.38 bits per heavy atom. The number of pyridine rings is 1. The largest absolute Gasteiger partial charge is 0.366 e. The van der Waals surface area contributed by atoms with E-state index >= 15 is 0 Å². The summed E-state index contributed by atoms with van der Waals surface area (Å²) >= 11 is 3.43. The number of aromatic nitrogens is 3. The Kier molecular flexibility index (Phi) is 3.24. The van der Waals surface area contributed by atoms with Gasteiger partial charge >= 0.3 is 0 Å². The Morgan fingerprint density at radius 2 is 2.19 bits per heavy atom. The predicted molar refractivity (Wildman–Crippen MR) is 67.3 cm³/mol. The SMILES string of the molecule is Cc1nc(NCc2cn[nH]c2C)ccc1Br. The molecule has 0 amide bonds. The van der Waals surface area contributed by atoms with E-state index in [0.29, 0.717) is 0 Å². The Balaban J connectivity index is 2.05. The van der Waals surface area contributed by atoms with E-state index in [2.05, 4.69) is 36.4 Å². The minimum atomic E-state index is 0.733. The number of hydrogen-bond donors (Lipinski definition) is 2. The van der Waals surface area contributed by atoms with Gasteiger partial charge in [-0.05, 0) is 41.9 Å². The van der Waals surface area contributed by atoms with Crippen molar-refractivity contribution >= 4 is 21.7 Å². The molecule has 2 rings (SSSR count). The smallest absolute Gasteiger partial charge is 0.126 e. The summed E-state index contributed by atoms with van der Waals surface area (Å²) in [6.07, 6.45) is 1.83. The van der Waals surface area contributed by atoms with Crippen LogP contribution in [0.1, 0.15) is 17.0 Å². The monoisotopic (exact) mass is 280 g/mol. The van der Waals surface area contributed by atoms with Crippen molar-refractivity contribution in [1.29, 1.82) is 0 Å². The number of halogens is 1. The number of anilines is 1. The van der Waals surface area contributed by atoms with Crippen LogP contribution in [0, 0.1) is 13.8 Å². The highest BCUT2D eigenvalue weighted by Crippen LogP contribution is 2.16.